The van der Waals surface area contributed by atoms with Crippen molar-refractivity contribution >= 4 is 23.2 Å². The van der Waals surface area contributed by atoms with E-state index in [0.717, 1.165) is 32.2 Å². The second-order valence-corrected chi connectivity index (χ2v) is 5.89. The number of nitrogens with zero attached hydrogens (tertiary/aromatic N) is 2. The van der Waals surface area contributed by atoms with Gasteiger partial charge in [-0.15, -0.1) is 0 Å². The zero-order valence-electron chi connectivity index (χ0n) is 12.4. The quantitative estimate of drug-likeness (QED) is 0.721. The van der Waals surface area contributed by atoms with Crippen LogP contribution in [0.2, 0.25) is 5.02 Å². The number of rotatable bonds is 8. The third-order valence-electron chi connectivity index (χ3n) is 3.64. The van der Waals surface area contributed by atoms with Gasteiger partial charge in [0.1, 0.15) is 6.07 Å². The van der Waals surface area contributed by atoms with Gasteiger partial charge >= 0.3 is 0 Å². The van der Waals surface area contributed by atoms with E-state index in [1.807, 2.05) is 6.07 Å². The molecule has 22 heavy (non-hydrogen) atoms. The van der Waals surface area contributed by atoms with E-state index in [1.54, 1.807) is 18.2 Å². The summed E-state index contributed by atoms with van der Waals surface area (Å²) in [5.41, 5.74) is 0.989. The van der Waals surface area contributed by atoms with Gasteiger partial charge in [-0.3, -0.25) is 9.69 Å². The minimum atomic E-state index is -0.0864. The summed E-state index contributed by atoms with van der Waals surface area (Å²) >= 11 is 5.96. The van der Waals surface area contributed by atoms with Gasteiger partial charge in [0.25, 0.3) is 0 Å². The number of carbonyl (C=O) groups excluding carboxylic acids is 1. The highest BCUT2D eigenvalue weighted by molar-refractivity contribution is 6.32. The Balaban J connectivity index is 1.88. The zero-order chi connectivity index (χ0) is 15.9. The van der Waals surface area contributed by atoms with Gasteiger partial charge in [-0.2, -0.15) is 5.26 Å². The molecule has 0 aliphatic heterocycles. The summed E-state index contributed by atoms with van der Waals surface area (Å²) in [6.45, 7) is 1.36. The highest BCUT2D eigenvalue weighted by Crippen LogP contribution is 2.27. The van der Waals surface area contributed by atoms with Gasteiger partial charge < -0.3 is 10.4 Å². The maximum atomic E-state index is 12.1. The number of aliphatic hydroxyl groups is 1. The summed E-state index contributed by atoms with van der Waals surface area (Å²) in [5.74, 6) is -0.0864. The average molecular weight is 322 g/mol. The lowest BCUT2D eigenvalue weighted by molar-refractivity contribution is -0.117. The molecule has 0 bridgehead atoms. The maximum absolute atomic E-state index is 12.1. The van der Waals surface area contributed by atoms with Crippen LogP contribution in [0.25, 0.3) is 0 Å². The van der Waals surface area contributed by atoms with Crippen LogP contribution in [-0.4, -0.2) is 41.7 Å². The van der Waals surface area contributed by atoms with E-state index >= 15 is 0 Å². The minimum Gasteiger partial charge on any atom is -0.396 e. The van der Waals surface area contributed by atoms with Crippen molar-refractivity contribution in [2.75, 3.05) is 25.0 Å². The molecule has 6 heteroatoms. The molecule has 0 radical (unpaired) electrons. The van der Waals surface area contributed by atoms with Crippen LogP contribution in [0.1, 0.15) is 31.2 Å². The van der Waals surface area contributed by atoms with Crippen molar-refractivity contribution < 1.29 is 9.90 Å². The Morgan fingerprint density at radius 3 is 2.82 bits per heavy atom. The number of carbonyl (C=O) groups is 1. The van der Waals surface area contributed by atoms with E-state index in [1.165, 1.54) is 0 Å². The first-order chi connectivity index (χ1) is 10.6. The normalized spacial score (nSPS) is 13.9. The third-order valence-corrected chi connectivity index (χ3v) is 3.95. The van der Waals surface area contributed by atoms with Gasteiger partial charge in [0, 0.05) is 18.3 Å². The first-order valence-corrected chi connectivity index (χ1v) is 7.86. The molecule has 0 unspecified atom stereocenters. The molecule has 0 atom stereocenters. The van der Waals surface area contributed by atoms with Crippen molar-refractivity contribution in [1.82, 2.24) is 4.90 Å². The molecule has 0 spiro atoms. The summed E-state index contributed by atoms with van der Waals surface area (Å²) in [5, 5.41) is 20.8. The molecule has 0 saturated heterocycles. The van der Waals surface area contributed by atoms with Crippen molar-refractivity contribution in [3.8, 4) is 6.07 Å². The number of nitrogens with one attached hydrogen (secondary N) is 1. The Hall–Kier alpha value is -1.61. The molecule has 2 N–H and O–H groups in total. The van der Waals surface area contributed by atoms with Gasteiger partial charge in [-0.1, -0.05) is 11.6 Å². The van der Waals surface area contributed by atoms with Crippen molar-refractivity contribution in [2.24, 2.45) is 0 Å². The van der Waals surface area contributed by atoms with Gasteiger partial charge in [-0.05, 0) is 50.4 Å². The van der Waals surface area contributed by atoms with Gasteiger partial charge in [0.15, 0.2) is 0 Å². The molecule has 0 aromatic heterocycles. The number of amides is 1. The molecule has 1 fully saturated rings. The molecular formula is C16H20ClN3O2. The molecular weight excluding hydrogens is 302 g/mol. The molecule has 1 aromatic rings. The Kier molecular flexibility index (Phi) is 6.20. The monoisotopic (exact) mass is 321 g/mol. The maximum Gasteiger partial charge on any atom is 0.238 e. The number of anilines is 1. The standard InChI is InChI=1S/C16H20ClN3O2/c17-15-9-13(4-3-12(15)10-18)19-16(22)11-20(14-5-6-14)7-1-2-8-21/h3-4,9,14,21H,1-2,5-8,11H2,(H,19,22). The summed E-state index contributed by atoms with van der Waals surface area (Å²) in [4.78, 5) is 14.3. The van der Waals surface area contributed by atoms with Gasteiger partial charge in [0.05, 0.1) is 17.1 Å². The lowest BCUT2D eigenvalue weighted by atomic mass is 10.2. The number of unbranched alkanes of at least 4 members (excludes halogenated alkanes) is 1. The lowest BCUT2D eigenvalue weighted by Crippen LogP contribution is -2.35. The van der Waals surface area contributed by atoms with Crippen molar-refractivity contribution in [3.63, 3.8) is 0 Å². The lowest BCUT2D eigenvalue weighted by Gasteiger charge is -2.21. The van der Waals surface area contributed by atoms with E-state index < -0.39 is 0 Å². The smallest absolute Gasteiger partial charge is 0.238 e. The zero-order valence-corrected chi connectivity index (χ0v) is 13.1. The molecule has 1 amide bonds. The van der Waals surface area contributed by atoms with Crippen LogP contribution >= 0.6 is 11.6 Å². The summed E-state index contributed by atoms with van der Waals surface area (Å²) in [7, 11) is 0. The van der Waals surface area contributed by atoms with Gasteiger partial charge in [-0.25, -0.2) is 0 Å². The second-order valence-electron chi connectivity index (χ2n) is 5.49. The largest absolute Gasteiger partial charge is 0.396 e. The summed E-state index contributed by atoms with van der Waals surface area (Å²) in [6, 6.07) is 7.34. The number of aliphatic hydroxyl groups excluding tert-OH is 1. The molecule has 1 aromatic carbocycles. The highest BCUT2D eigenvalue weighted by atomic mass is 35.5. The first-order valence-electron chi connectivity index (χ1n) is 7.48. The Morgan fingerprint density at radius 2 is 2.23 bits per heavy atom. The van der Waals surface area contributed by atoms with E-state index in [-0.39, 0.29) is 12.5 Å². The number of hydrogen-bond donors (Lipinski definition) is 2. The van der Waals surface area contributed by atoms with Crippen LogP contribution < -0.4 is 5.32 Å². The third kappa shape index (κ3) is 4.99. The van der Waals surface area contributed by atoms with Gasteiger partial charge in [0.2, 0.25) is 5.91 Å². The molecule has 1 saturated carbocycles. The average Bonchev–Trinajstić information content (AvgIpc) is 3.31. The molecule has 0 heterocycles. The van der Waals surface area contributed by atoms with Crippen LogP contribution in [0.5, 0.6) is 0 Å². The number of nitriles is 1. The number of benzene rings is 1. The Morgan fingerprint density at radius 1 is 1.45 bits per heavy atom. The SMILES string of the molecule is N#Cc1ccc(NC(=O)CN(CCCCO)C2CC2)cc1Cl. The van der Waals surface area contributed by atoms with E-state index in [2.05, 4.69) is 10.2 Å². The molecule has 118 valence electrons. The minimum absolute atomic E-state index is 0.0864. The fraction of sp³-hybridized carbons (Fsp3) is 0.500. The van der Waals surface area contributed by atoms with E-state index in [9.17, 15) is 4.79 Å². The summed E-state index contributed by atoms with van der Waals surface area (Å²) in [6.07, 6.45) is 3.92. The van der Waals surface area contributed by atoms with E-state index in [0.29, 0.717) is 28.9 Å². The predicted octanol–water partition coefficient (Wildman–Crippen LogP) is 2.39. The molecule has 1 aliphatic carbocycles. The molecule has 2 rings (SSSR count). The fourth-order valence-corrected chi connectivity index (χ4v) is 2.55. The molecule has 5 nitrogen and oxygen atoms in total. The second kappa shape index (κ2) is 8.14. The van der Waals surface area contributed by atoms with Crippen LogP contribution in [-0.2, 0) is 4.79 Å². The predicted molar refractivity (Wildman–Crippen MR) is 85.7 cm³/mol. The highest BCUT2D eigenvalue weighted by Gasteiger charge is 2.29. The fourth-order valence-electron chi connectivity index (χ4n) is 2.33. The molecule has 1 aliphatic rings. The number of hydrogen-bond acceptors (Lipinski definition) is 4. The number of halogens is 1. The topological polar surface area (TPSA) is 76.4 Å². The Bertz CT molecular complexity index is 567. The van der Waals surface area contributed by atoms with Crippen molar-refractivity contribution in [2.45, 2.75) is 31.7 Å². The van der Waals surface area contributed by atoms with Crippen LogP contribution in [0.3, 0.4) is 0 Å². The first kappa shape index (κ1) is 16.8. The Labute approximate surface area is 135 Å². The van der Waals surface area contributed by atoms with E-state index in [4.69, 9.17) is 22.0 Å². The van der Waals surface area contributed by atoms with Crippen LogP contribution in [0, 0.1) is 11.3 Å². The summed E-state index contributed by atoms with van der Waals surface area (Å²) < 4.78 is 0. The van der Waals surface area contributed by atoms with Crippen molar-refractivity contribution in [3.05, 3.63) is 28.8 Å². The van der Waals surface area contributed by atoms with Crippen LogP contribution in [0.15, 0.2) is 18.2 Å². The van der Waals surface area contributed by atoms with Crippen molar-refractivity contribution in [1.29, 1.82) is 5.26 Å². The van der Waals surface area contributed by atoms with Crippen LogP contribution in [0.4, 0.5) is 5.69 Å².